The number of hydrogen-bond acceptors (Lipinski definition) is 5. The lowest BCUT2D eigenvalue weighted by atomic mass is 9.94. The molecule has 23 heavy (non-hydrogen) atoms. The summed E-state index contributed by atoms with van der Waals surface area (Å²) in [6.45, 7) is 2.11. The van der Waals surface area contributed by atoms with Gasteiger partial charge in [-0.2, -0.15) is 4.98 Å². The van der Waals surface area contributed by atoms with E-state index in [9.17, 15) is 4.79 Å². The van der Waals surface area contributed by atoms with Gasteiger partial charge in [-0.1, -0.05) is 29.4 Å². The van der Waals surface area contributed by atoms with Crippen LogP contribution in [0.3, 0.4) is 0 Å². The number of nitrogens with zero attached hydrogens (tertiary/aromatic N) is 4. The Bertz CT molecular complexity index is 840. The van der Waals surface area contributed by atoms with Crippen molar-refractivity contribution in [1.82, 2.24) is 25.0 Å². The fraction of sp³-hybridized carbons (Fsp3) is 0.250. The van der Waals surface area contributed by atoms with Crippen LogP contribution in [0.1, 0.15) is 30.0 Å². The highest BCUT2D eigenvalue weighted by Gasteiger charge is 2.33. The number of H-pyrrole nitrogens is 1. The van der Waals surface area contributed by atoms with Crippen molar-refractivity contribution in [3.63, 3.8) is 0 Å². The maximum Gasteiger partial charge on any atom is 0.250 e. The van der Waals surface area contributed by atoms with Gasteiger partial charge in [0, 0.05) is 32.3 Å². The first-order valence-corrected chi connectivity index (χ1v) is 7.39. The molecule has 0 saturated heterocycles. The maximum atomic E-state index is 12.0. The van der Waals surface area contributed by atoms with E-state index in [0.717, 1.165) is 5.56 Å². The Morgan fingerprint density at radius 1 is 1.35 bits per heavy atom. The van der Waals surface area contributed by atoms with Gasteiger partial charge in [0.2, 0.25) is 17.6 Å². The molecule has 1 N–H and O–H groups in total. The first-order valence-electron chi connectivity index (χ1n) is 7.39. The van der Waals surface area contributed by atoms with Gasteiger partial charge in [-0.3, -0.25) is 4.79 Å². The minimum atomic E-state index is -0.251. The van der Waals surface area contributed by atoms with Gasteiger partial charge in [0.1, 0.15) is 6.04 Å². The number of fused-ring (bicyclic) bond motifs is 1. The number of aromatic nitrogens is 4. The van der Waals surface area contributed by atoms with Crippen LogP contribution < -0.4 is 0 Å². The summed E-state index contributed by atoms with van der Waals surface area (Å²) in [5.41, 5.74) is 2.36. The van der Waals surface area contributed by atoms with Gasteiger partial charge >= 0.3 is 0 Å². The minimum absolute atomic E-state index is 0.0118. The Morgan fingerprint density at radius 2 is 2.17 bits per heavy atom. The Hall–Kier alpha value is -2.96. The molecule has 3 aromatic rings. The lowest BCUT2D eigenvalue weighted by molar-refractivity contribution is -0.133. The quantitative estimate of drug-likeness (QED) is 0.783. The summed E-state index contributed by atoms with van der Waals surface area (Å²) < 4.78 is 5.41. The molecular weight excluding hydrogens is 294 g/mol. The third kappa shape index (κ3) is 2.40. The third-order valence-corrected chi connectivity index (χ3v) is 4.09. The van der Waals surface area contributed by atoms with Crippen LogP contribution in [0.15, 0.2) is 41.2 Å². The molecule has 2 aromatic heterocycles. The average molecular weight is 309 g/mol. The SMILES string of the molecule is CC(=O)N1Cc2ccccc2CC1c1nc(-c2ncc[nH]2)no1. The zero-order valence-corrected chi connectivity index (χ0v) is 12.6. The third-order valence-electron chi connectivity index (χ3n) is 4.09. The molecule has 1 aliphatic rings. The molecule has 0 fully saturated rings. The van der Waals surface area contributed by atoms with Crippen LogP contribution in [-0.4, -0.2) is 30.9 Å². The summed E-state index contributed by atoms with van der Waals surface area (Å²) in [4.78, 5) is 25.3. The van der Waals surface area contributed by atoms with Gasteiger partial charge in [0.05, 0.1) is 0 Å². The van der Waals surface area contributed by atoms with E-state index < -0.39 is 0 Å². The normalized spacial score (nSPS) is 17.1. The second-order valence-electron chi connectivity index (χ2n) is 5.53. The van der Waals surface area contributed by atoms with Gasteiger partial charge in [0.15, 0.2) is 5.82 Å². The molecule has 1 atom stereocenters. The van der Waals surface area contributed by atoms with Crippen LogP contribution in [0.25, 0.3) is 11.6 Å². The van der Waals surface area contributed by atoms with E-state index in [1.807, 2.05) is 18.2 Å². The number of hydrogen-bond donors (Lipinski definition) is 1. The summed E-state index contributed by atoms with van der Waals surface area (Å²) in [5.74, 6) is 1.36. The second-order valence-corrected chi connectivity index (χ2v) is 5.53. The molecule has 0 aliphatic carbocycles. The summed E-state index contributed by atoms with van der Waals surface area (Å²) in [5, 5.41) is 3.97. The van der Waals surface area contributed by atoms with Crippen molar-refractivity contribution in [2.45, 2.75) is 25.9 Å². The van der Waals surface area contributed by atoms with Gasteiger partial charge < -0.3 is 14.4 Å². The van der Waals surface area contributed by atoms with Crippen molar-refractivity contribution in [3.8, 4) is 11.6 Å². The van der Waals surface area contributed by atoms with Crippen LogP contribution in [0.4, 0.5) is 0 Å². The standard InChI is InChI=1S/C16H15N5O2/c1-10(22)21-9-12-5-3-2-4-11(12)8-13(21)16-19-15(20-23-16)14-17-6-7-18-14/h2-7,13H,8-9H2,1H3,(H,17,18). The Balaban J connectivity index is 1.70. The van der Waals surface area contributed by atoms with E-state index in [-0.39, 0.29) is 11.9 Å². The number of carbonyl (C=O) groups excluding carboxylic acids is 1. The smallest absolute Gasteiger partial charge is 0.250 e. The lowest BCUT2D eigenvalue weighted by Crippen LogP contribution is -2.37. The largest absolute Gasteiger partial charge is 0.342 e. The summed E-state index contributed by atoms with van der Waals surface area (Å²) >= 11 is 0. The number of rotatable bonds is 2. The van der Waals surface area contributed by atoms with Crippen molar-refractivity contribution in [1.29, 1.82) is 0 Å². The van der Waals surface area contributed by atoms with E-state index in [1.54, 1.807) is 24.2 Å². The van der Waals surface area contributed by atoms with Crippen LogP contribution in [0, 0.1) is 0 Å². The van der Waals surface area contributed by atoms with Crippen molar-refractivity contribution in [2.75, 3.05) is 0 Å². The molecule has 0 saturated carbocycles. The number of benzene rings is 1. The van der Waals surface area contributed by atoms with Crippen LogP contribution >= 0.6 is 0 Å². The van der Waals surface area contributed by atoms with Crippen molar-refractivity contribution < 1.29 is 9.32 Å². The predicted molar refractivity (Wildman–Crippen MR) is 81.0 cm³/mol. The van der Waals surface area contributed by atoms with E-state index in [4.69, 9.17) is 4.52 Å². The number of aromatic amines is 1. The monoisotopic (exact) mass is 309 g/mol. The van der Waals surface area contributed by atoms with E-state index in [1.165, 1.54) is 5.56 Å². The van der Waals surface area contributed by atoms with Crippen molar-refractivity contribution in [3.05, 3.63) is 53.7 Å². The molecule has 4 rings (SSSR count). The van der Waals surface area contributed by atoms with Crippen LogP contribution in [0.2, 0.25) is 0 Å². The Labute approximate surface area is 132 Å². The highest BCUT2D eigenvalue weighted by atomic mass is 16.5. The number of amides is 1. The highest BCUT2D eigenvalue weighted by Crippen LogP contribution is 2.33. The number of carbonyl (C=O) groups is 1. The first-order chi connectivity index (χ1) is 11.2. The molecule has 1 amide bonds. The molecule has 3 heterocycles. The Kier molecular flexibility index (Phi) is 3.18. The maximum absolute atomic E-state index is 12.0. The fourth-order valence-electron chi connectivity index (χ4n) is 2.93. The molecule has 1 aromatic carbocycles. The van der Waals surface area contributed by atoms with Crippen molar-refractivity contribution >= 4 is 5.91 Å². The van der Waals surface area contributed by atoms with Crippen LogP contribution in [0.5, 0.6) is 0 Å². The zero-order valence-electron chi connectivity index (χ0n) is 12.6. The average Bonchev–Trinajstić information content (AvgIpc) is 3.24. The second kappa shape index (κ2) is 5.35. The van der Waals surface area contributed by atoms with Gasteiger partial charge in [0.25, 0.3) is 0 Å². The number of nitrogens with one attached hydrogen (secondary N) is 1. The molecule has 1 unspecified atom stereocenters. The molecular formula is C16H15N5O2. The summed E-state index contributed by atoms with van der Waals surface area (Å²) in [7, 11) is 0. The van der Waals surface area contributed by atoms with Gasteiger partial charge in [-0.05, 0) is 11.1 Å². The topological polar surface area (TPSA) is 87.9 Å². The molecule has 1 aliphatic heterocycles. The molecule has 0 bridgehead atoms. The Morgan fingerprint density at radius 3 is 2.91 bits per heavy atom. The van der Waals surface area contributed by atoms with E-state index in [0.29, 0.717) is 30.5 Å². The van der Waals surface area contributed by atoms with Gasteiger partial charge in [-0.15, -0.1) is 0 Å². The summed E-state index contributed by atoms with van der Waals surface area (Å²) in [6, 6.07) is 7.85. The molecule has 0 spiro atoms. The minimum Gasteiger partial charge on any atom is -0.342 e. The molecule has 0 radical (unpaired) electrons. The molecule has 7 heteroatoms. The van der Waals surface area contributed by atoms with E-state index in [2.05, 4.69) is 26.2 Å². The van der Waals surface area contributed by atoms with Crippen LogP contribution in [-0.2, 0) is 17.8 Å². The van der Waals surface area contributed by atoms with E-state index >= 15 is 0 Å². The lowest BCUT2D eigenvalue weighted by Gasteiger charge is -2.34. The van der Waals surface area contributed by atoms with Gasteiger partial charge in [-0.25, -0.2) is 4.98 Å². The summed E-state index contributed by atoms with van der Waals surface area (Å²) in [6.07, 6.45) is 3.99. The highest BCUT2D eigenvalue weighted by molar-refractivity contribution is 5.74. The number of imidazole rings is 1. The first kappa shape index (κ1) is 13.7. The predicted octanol–water partition coefficient (Wildman–Crippen LogP) is 2.11. The molecule has 7 nitrogen and oxygen atoms in total. The molecule has 116 valence electrons. The zero-order chi connectivity index (χ0) is 15.8. The fourth-order valence-corrected chi connectivity index (χ4v) is 2.93. The van der Waals surface area contributed by atoms with Crippen molar-refractivity contribution in [2.24, 2.45) is 0 Å².